The van der Waals surface area contributed by atoms with Gasteiger partial charge in [-0.1, -0.05) is 35.3 Å². The molecule has 0 N–H and O–H groups in total. The predicted octanol–water partition coefficient (Wildman–Crippen LogP) is 3.91. The molecule has 0 aromatic heterocycles. The molecular weight excluding hydrogens is 231 g/mol. The number of carbonyl (C=O) groups excluding carboxylic acids is 1. The number of hydrogen-bond donors (Lipinski definition) is 0. The molecule has 1 aromatic carbocycles. The second-order valence-electron chi connectivity index (χ2n) is 4.06. The Morgan fingerprint density at radius 3 is 2.80 bits per heavy atom. The van der Waals surface area contributed by atoms with E-state index in [1.807, 2.05) is 12.1 Å². The van der Waals surface area contributed by atoms with E-state index in [1.165, 1.54) is 0 Å². The van der Waals surface area contributed by atoms with E-state index in [0.717, 1.165) is 24.8 Å². The lowest BCUT2D eigenvalue weighted by Crippen LogP contribution is -2.00. The minimum absolute atomic E-state index is 0.373. The van der Waals surface area contributed by atoms with Crippen LogP contribution in [0.25, 0.3) is 0 Å². The summed E-state index contributed by atoms with van der Waals surface area (Å²) < 4.78 is 0. The molecule has 15 heavy (non-hydrogen) atoms. The van der Waals surface area contributed by atoms with Gasteiger partial charge in [-0.05, 0) is 30.4 Å². The standard InChI is InChI=1S/C12H12Cl2O/c13-11-3-1-2-9(12(11)14)6-8-4-5-10(15)7-8/h1-3,8H,4-7H2. The highest BCUT2D eigenvalue weighted by molar-refractivity contribution is 6.42. The van der Waals surface area contributed by atoms with Gasteiger partial charge in [0.2, 0.25) is 0 Å². The van der Waals surface area contributed by atoms with Crippen LogP contribution in [0.15, 0.2) is 18.2 Å². The van der Waals surface area contributed by atoms with Crippen molar-refractivity contribution in [2.45, 2.75) is 25.7 Å². The monoisotopic (exact) mass is 242 g/mol. The van der Waals surface area contributed by atoms with Crippen LogP contribution in [-0.2, 0) is 11.2 Å². The van der Waals surface area contributed by atoms with Crippen LogP contribution in [0.5, 0.6) is 0 Å². The third-order valence-electron chi connectivity index (χ3n) is 2.89. The van der Waals surface area contributed by atoms with Gasteiger partial charge < -0.3 is 0 Å². The van der Waals surface area contributed by atoms with Gasteiger partial charge in [0.15, 0.2) is 0 Å². The number of ketones is 1. The highest BCUT2D eigenvalue weighted by Crippen LogP contribution is 2.31. The minimum Gasteiger partial charge on any atom is -0.300 e. The molecule has 1 atom stereocenters. The fourth-order valence-electron chi connectivity index (χ4n) is 2.08. The second kappa shape index (κ2) is 4.54. The molecule has 1 fully saturated rings. The van der Waals surface area contributed by atoms with Crippen molar-refractivity contribution in [3.8, 4) is 0 Å². The van der Waals surface area contributed by atoms with Crippen LogP contribution >= 0.6 is 23.2 Å². The molecule has 1 aromatic rings. The van der Waals surface area contributed by atoms with E-state index in [4.69, 9.17) is 23.2 Å². The lowest BCUT2D eigenvalue weighted by atomic mass is 9.98. The van der Waals surface area contributed by atoms with Crippen molar-refractivity contribution in [2.75, 3.05) is 0 Å². The summed E-state index contributed by atoms with van der Waals surface area (Å²) in [6, 6.07) is 5.67. The molecule has 0 heterocycles. The van der Waals surface area contributed by atoms with Crippen LogP contribution < -0.4 is 0 Å². The molecule has 1 saturated carbocycles. The van der Waals surface area contributed by atoms with Crippen molar-refractivity contribution < 1.29 is 4.79 Å². The third kappa shape index (κ3) is 2.53. The number of carbonyl (C=O) groups is 1. The first-order valence-corrected chi connectivity index (χ1v) is 5.87. The Kier molecular flexibility index (Phi) is 3.32. The number of benzene rings is 1. The Hall–Kier alpha value is -0.530. The van der Waals surface area contributed by atoms with Crippen molar-refractivity contribution in [1.29, 1.82) is 0 Å². The Morgan fingerprint density at radius 2 is 2.13 bits per heavy atom. The van der Waals surface area contributed by atoms with Crippen molar-refractivity contribution in [3.63, 3.8) is 0 Å². The van der Waals surface area contributed by atoms with E-state index in [2.05, 4.69) is 0 Å². The summed E-state index contributed by atoms with van der Waals surface area (Å²) >= 11 is 12.0. The normalized spacial score (nSPS) is 20.9. The molecule has 0 bridgehead atoms. The fourth-order valence-corrected chi connectivity index (χ4v) is 2.48. The highest BCUT2D eigenvalue weighted by Gasteiger charge is 2.23. The van der Waals surface area contributed by atoms with E-state index >= 15 is 0 Å². The van der Waals surface area contributed by atoms with Gasteiger partial charge in [-0.3, -0.25) is 4.79 Å². The fraction of sp³-hybridized carbons (Fsp3) is 0.417. The molecule has 0 saturated heterocycles. The summed E-state index contributed by atoms with van der Waals surface area (Å²) in [5.74, 6) is 0.826. The molecule has 80 valence electrons. The summed E-state index contributed by atoms with van der Waals surface area (Å²) in [5.41, 5.74) is 1.06. The molecule has 0 radical (unpaired) electrons. The van der Waals surface area contributed by atoms with Crippen LogP contribution in [0.1, 0.15) is 24.8 Å². The average molecular weight is 243 g/mol. The van der Waals surface area contributed by atoms with E-state index in [0.29, 0.717) is 28.2 Å². The SMILES string of the molecule is O=C1CCC(Cc2cccc(Cl)c2Cl)C1. The Labute approximate surface area is 99.4 Å². The van der Waals surface area contributed by atoms with Gasteiger partial charge >= 0.3 is 0 Å². The summed E-state index contributed by atoms with van der Waals surface area (Å²) in [7, 11) is 0. The predicted molar refractivity (Wildman–Crippen MR) is 62.5 cm³/mol. The van der Waals surface area contributed by atoms with E-state index in [1.54, 1.807) is 6.07 Å². The maximum absolute atomic E-state index is 11.1. The van der Waals surface area contributed by atoms with Gasteiger partial charge in [0.25, 0.3) is 0 Å². The smallest absolute Gasteiger partial charge is 0.133 e. The van der Waals surface area contributed by atoms with Crippen LogP contribution in [0.3, 0.4) is 0 Å². The van der Waals surface area contributed by atoms with Crippen LogP contribution in [0, 0.1) is 5.92 Å². The molecular formula is C12H12Cl2O. The number of hydrogen-bond acceptors (Lipinski definition) is 1. The highest BCUT2D eigenvalue weighted by atomic mass is 35.5. The maximum atomic E-state index is 11.1. The van der Waals surface area contributed by atoms with Gasteiger partial charge in [-0.25, -0.2) is 0 Å². The molecule has 2 rings (SSSR count). The molecule has 1 nitrogen and oxygen atoms in total. The van der Waals surface area contributed by atoms with Crippen LogP contribution in [0.2, 0.25) is 10.0 Å². The Bertz CT molecular complexity index is 387. The molecule has 0 spiro atoms. The van der Waals surface area contributed by atoms with Crippen molar-refractivity contribution in [3.05, 3.63) is 33.8 Å². The largest absolute Gasteiger partial charge is 0.300 e. The van der Waals surface area contributed by atoms with Crippen molar-refractivity contribution >= 4 is 29.0 Å². The zero-order valence-electron chi connectivity index (χ0n) is 8.30. The lowest BCUT2D eigenvalue weighted by molar-refractivity contribution is -0.117. The quantitative estimate of drug-likeness (QED) is 0.769. The van der Waals surface area contributed by atoms with E-state index in [9.17, 15) is 4.79 Å². The average Bonchev–Trinajstić information content (AvgIpc) is 2.59. The van der Waals surface area contributed by atoms with Crippen LogP contribution in [0.4, 0.5) is 0 Å². The molecule has 0 aliphatic heterocycles. The minimum atomic E-state index is 0.373. The maximum Gasteiger partial charge on any atom is 0.133 e. The first kappa shape index (κ1) is 11.0. The Balaban J connectivity index is 2.11. The van der Waals surface area contributed by atoms with Crippen LogP contribution in [-0.4, -0.2) is 5.78 Å². The molecule has 3 heteroatoms. The molecule has 1 aliphatic carbocycles. The first-order valence-electron chi connectivity index (χ1n) is 5.11. The molecule has 1 unspecified atom stereocenters. The second-order valence-corrected chi connectivity index (χ2v) is 4.85. The zero-order chi connectivity index (χ0) is 10.8. The van der Waals surface area contributed by atoms with E-state index in [-0.39, 0.29) is 0 Å². The first-order chi connectivity index (χ1) is 7.16. The van der Waals surface area contributed by atoms with Gasteiger partial charge in [0.1, 0.15) is 5.78 Å². The zero-order valence-corrected chi connectivity index (χ0v) is 9.81. The number of halogens is 2. The molecule has 0 amide bonds. The topological polar surface area (TPSA) is 17.1 Å². The molecule has 1 aliphatic rings. The lowest BCUT2D eigenvalue weighted by Gasteiger charge is -2.10. The summed E-state index contributed by atoms with van der Waals surface area (Å²) in [6.45, 7) is 0. The number of Topliss-reactive ketones (excluding diaryl/α,β-unsaturated/α-hetero) is 1. The summed E-state index contributed by atoms with van der Waals surface area (Å²) in [4.78, 5) is 11.1. The van der Waals surface area contributed by atoms with Gasteiger partial charge in [-0.2, -0.15) is 0 Å². The third-order valence-corrected chi connectivity index (χ3v) is 3.75. The van der Waals surface area contributed by atoms with Gasteiger partial charge in [-0.15, -0.1) is 0 Å². The van der Waals surface area contributed by atoms with Crippen molar-refractivity contribution in [1.82, 2.24) is 0 Å². The summed E-state index contributed by atoms with van der Waals surface area (Å²) in [6.07, 6.45) is 3.28. The van der Waals surface area contributed by atoms with E-state index < -0.39 is 0 Å². The van der Waals surface area contributed by atoms with Gasteiger partial charge in [0, 0.05) is 12.8 Å². The van der Waals surface area contributed by atoms with Gasteiger partial charge in [0.05, 0.1) is 10.0 Å². The Morgan fingerprint density at radius 1 is 1.33 bits per heavy atom. The number of rotatable bonds is 2. The summed E-state index contributed by atoms with van der Waals surface area (Å²) in [5, 5.41) is 1.23. The van der Waals surface area contributed by atoms with Crippen molar-refractivity contribution in [2.24, 2.45) is 5.92 Å².